The molecule has 0 aromatic heterocycles. The first kappa shape index (κ1) is 13.0. The van der Waals surface area contributed by atoms with Crippen molar-refractivity contribution >= 4 is 5.91 Å². The molecule has 2 rings (SSSR count). The number of carbonyl (C=O) groups is 1. The van der Waals surface area contributed by atoms with Crippen LogP contribution in [0.4, 0.5) is 4.39 Å². The molecule has 0 unspecified atom stereocenters. The highest BCUT2D eigenvalue weighted by Gasteiger charge is 2.32. The van der Waals surface area contributed by atoms with Crippen molar-refractivity contribution in [3.05, 3.63) is 35.1 Å². The van der Waals surface area contributed by atoms with E-state index in [-0.39, 0.29) is 11.7 Å². The van der Waals surface area contributed by atoms with E-state index in [1.807, 2.05) is 4.90 Å². The van der Waals surface area contributed by atoms with Crippen molar-refractivity contribution in [1.29, 1.82) is 0 Å². The van der Waals surface area contributed by atoms with Crippen LogP contribution in [0.15, 0.2) is 18.2 Å². The van der Waals surface area contributed by atoms with Gasteiger partial charge in [-0.25, -0.2) is 4.39 Å². The smallest absolute Gasteiger partial charge is 0.254 e. The Morgan fingerprint density at radius 3 is 2.72 bits per heavy atom. The number of carbonyl (C=O) groups excluding carboxylic acids is 1. The summed E-state index contributed by atoms with van der Waals surface area (Å²) in [6.07, 6.45) is 2.88. The Bertz CT molecular complexity index is 423. The average Bonchev–Trinajstić information content (AvgIpc) is 3.12. The van der Waals surface area contributed by atoms with Crippen molar-refractivity contribution in [3.63, 3.8) is 0 Å². The average molecular weight is 250 g/mol. The molecule has 1 saturated carbocycles. The largest absolute Gasteiger partial charge is 0.336 e. The van der Waals surface area contributed by atoms with Gasteiger partial charge < -0.3 is 10.6 Å². The van der Waals surface area contributed by atoms with Gasteiger partial charge >= 0.3 is 0 Å². The van der Waals surface area contributed by atoms with Crippen LogP contribution in [0.1, 0.15) is 35.2 Å². The van der Waals surface area contributed by atoms with E-state index in [1.54, 1.807) is 13.0 Å². The van der Waals surface area contributed by atoms with E-state index in [0.717, 1.165) is 24.8 Å². The molecule has 0 heterocycles. The van der Waals surface area contributed by atoms with Gasteiger partial charge in [0.25, 0.3) is 5.91 Å². The SMILES string of the molecule is Cc1cc(F)cc(C(=O)N(CCCN)C2CC2)c1. The van der Waals surface area contributed by atoms with E-state index in [9.17, 15) is 9.18 Å². The van der Waals surface area contributed by atoms with Gasteiger partial charge in [-0.2, -0.15) is 0 Å². The van der Waals surface area contributed by atoms with Gasteiger partial charge in [-0.15, -0.1) is 0 Å². The van der Waals surface area contributed by atoms with Gasteiger partial charge in [-0.1, -0.05) is 0 Å². The summed E-state index contributed by atoms with van der Waals surface area (Å²) in [7, 11) is 0. The number of rotatable bonds is 5. The maximum atomic E-state index is 13.3. The summed E-state index contributed by atoms with van der Waals surface area (Å²) in [5.41, 5.74) is 6.70. The molecule has 1 aliphatic carbocycles. The van der Waals surface area contributed by atoms with Gasteiger partial charge in [0.05, 0.1) is 0 Å². The molecule has 0 saturated heterocycles. The lowest BCUT2D eigenvalue weighted by atomic mass is 10.1. The van der Waals surface area contributed by atoms with E-state index in [1.165, 1.54) is 12.1 Å². The van der Waals surface area contributed by atoms with Gasteiger partial charge in [0.2, 0.25) is 0 Å². The zero-order chi connectivity index (χ0) is 13.1. The van der Waals surface area contributed by atoms with Crippen LogP contribution in [0.5, 0.6) is 0 Å². The standard InChI is InChI=1S/C14H19FN2O/c1-10-7-11(9-12(15)8-10)14(18)17(6-2-5-16)13-3-4-13/h7-9,13H,2-6,16H2,1H3. The highest BCUT2D eigenvalue weighted by Crippen LogP contribution is 2.28. The van der Waals surface area contributed by atoms with E-state index in [2.05, 4.69) is 0 Å². The van der Waals surface area contributed by atoms with Crippen LogP contribution in [0, 0.1) is 12.7 Å². The van der Waals surface area contributed by atoms with Crippen LogP contribution >= 0.6 is 0 Å². The van der Waals surface area contributed by atoms with Crippen molar-refractivity contribution in [2.75, 3.05) is 13.1 Å². The fraction of sp³-hybridized carbons (Fsp3) is 0.500. The first-order valence-electron chi connectivity index (χ1n) is 6.40. The Kier molecular flexibility index (Phi) is 3.97. The molecule has 0 aliphatic heterocycles. The first-order chi connectivity index (χ1) is 8.61. The van der Waals surface area contributed by atoms with Crippen LogP contribution in [-0.2, 0) is 0 Å². The molecule has 1 amide bonds. The molecule has 18 heavy (non-hydrogen) atoms. The number of aryl methyl sites for hydroxylation is 1. The fourth-order valence-electron chi connectivity index (χ4n) is 2.12. The van der Waals surface area contributed by atoms with Gasteiger partial charge in [0.1, 0.15) is 5.82 Å². The number of hydrogen-bond acceptors (Lipinski definition) is 2. The van der Waals surface area contributed by atoms with Gasteiger partial charge in [0, 0.05) is 18.2 Å². The summed E-state index contributed by atoms with van der Waals surface area (Å²) >= 11 is 0. The lowest BCUT2D eigenvalue weighted by Gasteiger charge is -2.22. The fourth-order valence-corrected chi connectivity index (χ4v) is 2.12. The molecule has 3 nitrogen and oxygen atoms in total. The molecule has 1 aromatic carbocycles. The molecule has 2 N–H and O–H groups in total. The summed E-state index contributed by atoms with van der Waals surface area (Å²) in [5, 5.41) is 0. The highest BCUT2D eigenvalue weighted by molar-refractivity contribution is 5.94. The van der Waals surface area contributed by atoms with Crippen molar-refractivity contribution < 1.29 is 9.18 Å². The Labute approximate surface area is 107 Å². The molecule has 4 heteroatoms. The van der Waals surface area contributed by atoms with Crippen LogP contribution < -0.4 is 5.73 Å². The zero-order valence-corrected chi connectivity index (χ0v) is 10.7. The predicted octanol–water partition coefficient (Wildman–Crippen LogP) is 2.09. The monoisotopic (exact) mass is 250 g/mol. The van der Waals surface area contributed by atoms with Crippen molar-refractivity contribution in [1.82, 2.24) is 4.90 Å². The highest BCUT2D eigenvalue weighted by atomic mass is 19.1. The Morgan fingerprint density at radius 1 is 1.44 bits per heavy atom. The third-order valence-corrected chi connectivity index (χ3v) is 3.14. The van der Waals surface area contributed by atoms with E-state index >= 15 is 0 Å². The number of nitrogens with two attached hydrogens (primary N) is 1. The molecule has 0 spiro atoms. The van der Waals surface area contributed by atoms with Gasteiger partial charge in [0.15, 0.2) is 0 Å². The first-order valence-corrected chi connectivity index (χ1v) is 6.40. The number of halogens is 1. The Morgan fingerprint density at radius 2 is 2.17 bits per heavy atom. The predicted molar refractivity (Wildman–Crippen MR) is 68.9 cm³/mol. The third-order valence-electron chi connectivity index (χ3n) is 3.14. The molecule has 0 radical (unpaired) electrons. The second-order valence-corrected chi connectivity index (χ2v) is 4.89. The minimum Gasteiger partial charge on any atom is -0.336 e. The summed E-state index contributed by atoms with van der Waals surface area (Å²) in [5.74, 6) is -0.429. The van der Waals surface area contributed by atoms with Gasteiger partial charge in [-0.05, 0) is 56.5 Å². The van der Waals surface area contributed by atoms with E-state index < -0.39 is 0 Å². The molecule has 1 aliphatic rings. The van der Waals surface area contributed by atoms with Crippen molar-refractivity contribution in [2.45, 2.75) is 32.2 Å². The molecule has 0 bridgehead atoms. The molecular weight excluding hydrogens is 231 g/mol. The van der Waals surface area contributed by atoms with E-state index in [4.69, 9.17) is 5.73 Å². The third kappa shape index (κ3) is 3.07. The Balaban J connectivity index is 2.16. The van der Waals surface area contributed by atoms with Crippen molar-refractivity contribution in [3.8, 4) is 0 Å². The van der Waals surface area contributed by atoms with Gasteiger partial charge in [-0.3, -0.25) is 4.79 Å². The minimum atomic E-state index is -0.354. The maximum Gasteiger partial charge on any atom is 0.254 e. The maximum absolute atomic E-state index is 13.3. The normalized spacial score (nSPS) is 14.6. The number of benzene rings is 1. The number of hydrogen-bond donors (Lipinski definition) is 1. The second-order valence-electron chi connectivity index (χ2n) is 4.89. The molecule has 0 atom stereocenters. The molecule has 1 fully saturated rings. The van der Waals surface area contributed by atoms with Crippen LogP contribution in [0.2, 0.25) is 0 Å². The lowest BCUT2D eigenvalue weighted by Crippen LogP contribution is -2.35. The van der Waals surface area contributed by atoms with Crippen LogP contribution in [0.3, 0.4) is 0 Å². The van der Waals surface area contributed by atoms with Crippen LogP contribution in [-0.4, -0.2) is 29.9 Å². The second kappa shape index (κ2) is 5.48. The van der Waals surface area contributed by atoms with E-state index in [0.29, 0.717) is 24.7 Å². The number of amides is 1. The lowest BCUT2D eigenvalue weighted by molar-refractivity contribution is 0.0741. The summed E-state index contributed by atoms with van der Waals surface area (Å²) in [4.78, 5) is 14.2. The van der Waals surface area contributed by atoms with Crippen LogP contribution in [0.25, 0.3) is 0 Å². The minimum absolute atomic E-state index is 0.0754. The molecular formula is C14H19FN2O. The topological polar surface area (TPSA) is 46.3 Å². The zero-order valence-electron chi connectivity index (χ0n) is 10.7. The quantitative estimate of drug-likeness (QED) is 0.869. The summed E-state index contributed by atoms with van der Waals surface area (Å²) in [6.45, 7) is 3.02. The Hall–Kier alpha value is -1.42. The summed E-state index contributed by atoms with van der Waals surface area (Å²) < 4.78 is 13.3. The molecule has 98 valence electrons. The molecule has 1 aromatic rings. The number of nitrogens with zero attached hydrogens (tertiary/aromatic N) is 1. The summed E-state index contributed by atoms with van der Waals surface area (Å²) in [6, 6.07) is 4.81. The van der Waals surface area contributed by atoms with Crippen molar-refractivity contribution in [2.24, 2.45) is 5.73 Å².